The summed E-state index contributed by atoms with van der Waals surface area (Å²) in [4.78, 5) is 9.16. The van der Waals surface area contributed by atoms with Gasteiger partial charge in [0.2, 0.25) is 0 Å². The normalized spacial score (nSPS) is 12.7. The van der Waals surface area contributed by atoms with Crippen LogP contribution < -0.4 is 0 Å². The van der Waals surface area contributed by atoms with E-state index in [0.29, 0.717) is 5.92 Å². The predicted molar refractivity (Wildman–Crippen MR) is 86.2 cm³/mol. The lowest BCUT2D eigenvalue weighted by molar-refractivity contribution is 0.669. The van der Waals surface area contributed by atoms with E-state index in [0.717, 1.165) is 16.2 Å². The lowest BCUT2D eigenvalue weighted by atomic mass is 9.93. The summed E-state index contributed by atoms with van der Waals surface area (Å²) in [6, 6.07) is 10.6. The van der Waals surface area contributed by atoms with Gasteiger partial charge < -0.3 is 0 Å². The number of thiazole rings is 1. The van der Waals surface area contributed by atoms with Crippen LogP contribution >= 0.6 is 11.3 Å². The van der Waals surface area contributed by atoms with Crippen LogP contribution in [0.15, 0.2) is 41.9 Å². The van der Waals surface area contributed by atoms with Gasteiger partial charge in [-0.15, -0.1) is 11.3 Å². The summed E-state index contributed by atoms with van der Waals surface area (Å²) in [6.07, 6.45) is 4.24. The van der Waals surface area contributed by atoms with Crippen molar-refractivity contribution in [3.05, 3.63) is 47.5 Å². The van der Waals surface area contributed by atoms with E-state index in [1.807, 2.05) is 11.6 Å². The Morgan fingerprint density at radius 1 is 1.25 bits per heavy atom. The van der Waals surface area contributed by atoms with Crippen molar-refractivity contribution >= 4 is 22.2 Å². The number of pyridine rings is 1. The molecule has 3 heteroatoms. The molecule has 0 N–H and O–H groups in total. The Morgan fingerprint density at radius 2 is 2.10 bits per heavy atom. The molecule has 0 aliphatic carbocycles. The van der Waals surface area contributed by atoms with Gasteiger partial charge in [0.1, 0.15) is 5.01 Å². The van der Waals surface area contributed by atoms with Gasteiger partial charge in [-0.2, -0.15) is 0 Å². The maximum Gasteiger partial charge on any atom is 0.141 e. The summed E-state index contributed by atoms with van der Waals surface area (Å²) >= 11 is 1.64. The highest BCUT2D eigenvalue weighted by Gasteiger charge is 2.13. The molecule has 102 valence electrons. The minimum Gasteiger partial charge on any atom is -0.245 e. The second-order valence-electron chi connectivity index (χ2n) is 5.14. The minimum absolute atomic E-state index is 0.548. The Bertz CT molecular complexity index is 704. The third-order valence-corrected chi connectivity index (χ3v) is 4.45. The molecular weight excluding hydrogens is 264 g/mol. The first-order valence-corrected chi connectivity index (χ1v) is 7.97. The zero-order valence-electron chi connectivity index (χ0n) is 11.8. The fourth-order valence-corrected chi connectivity index (χ4v) is 3.26. The zero-order chi connectivity index (χ0) is 13.9. The molecule has 1 aromatic carbocycles. The number of rotatable bonds is 4. The Morgan fingerprint density at radius 3 is 2.85 bits per heavy atom. The first-order chi connectivity index (χ1) is 9.79. The first-order valence-electron chi connectivity index (χ1n) is 7.09. The molecule has 1 atom stereocenters. The first kappa shape index (κ1) is 13.3. The lowest BCUT2D eigenvalue weighted by Gasteiger charge is -2.14. The zero-order valence-corrected chi connectivity index (χ0v) is 12.7. The molecule has 0 saturated carbocycles. The van der Waals surface area contributed by atoms with E-state index in [2.05, 4.69) is 49.2 Å². The van der Waals surface area contributed by atoms with Crippen molar-refractivity contribution in [1.82, 2.24) is 9.97 Å². The summed E-state index contributed by atoms with van der Waals surface area (Å²) in [5.41, 5.74) is 3.46. The number of hydrogen-bond acceptors (Lipinski definition) is 3. The van der Waals surface area contributed by atoms with Gasteiger partial charge in [0, 0.05) is 17.0 Å². The van der Waals surface area contributed by atoms with Crippen molar-refractivity contribution in [1.29, 1.82) is 0 Å². The SMILES string of the molecule is CCCC(C)c1cc(-c2nccs2)nc2ccccc12. The van der Waals surface area contributed by atoms with Crippen LogP contribution in [-0.4, -0.2) is 9.97 Å². The molecule has 2 nitrogen and oxygen atoms in total. The van der Waals surface area contributed by atoms with Crippen molar-refractivity contribution < 1.29 is 0 Å². The van der Waals surface area contributed by atoms with Crippen LogP contribution in [0.4, 0.5) is 0 Å². The van der Waals surface area contributed by atoms with Gasteiger partial charge in [-0.05, 0) is 30.0 Å². The van der Waals surface area contributed by atoms with E-state index in [9.17, 15) is 0 Å². The summed E-state index contributed by atoms with van der Waals surface area (Å²) < 4.78 is 0. The monoisotopic (exact) mass is 282 g/mol. The molecule has 20 heavy (non-hydrogen) atoms. The van der Waals surface area contributed by atoms with Crippen molar-refractivity contribution in [2.45, 2.75) is 32.6 Å². The van der Waals surface area contributed by atoms with Gasteiger partial charge in [0.15, 0.2) is 0 Å². The van der Waals surface area contributed by atoms with Crippen LogP contribution in [0.5, 0.6) is 0 Å². The van der Waals surface area contributed by atoms with E-state index < -0.39 is 0 Å². The third kappa shape index (κ3) is 2.46. The average molecular weight is 282 g/mol. The highest BCUT2D eigenvalue weighted by Crippen LogP contribution is 2.32. The van der Waals surface area contributed by atoms with E-state index in [-0.39, 0.29) is 0 Å². The molecule has 2 heterocycles. The van der Waals surface area contributed by atoms with Gasteiger partial charge in [-0.25, -0.2) is 9.97 Å². The van der Waals surface area contributed by atoms with Gasteiger partial charge in [0.05, 0.1) is 11.2 Å². The Labute approximate surface area is 123 Å². The lowest BCUT2D eigenvalue weighted by Crippen LogP contribution is -1.97. The quantitative estimate of drug-likeness (QED) is 0.652. The van der Waals surface area contributed by atoms with Gasteiger partial charge >= 0.3 is 0 Å². The van der Waals surface area contributed by atoms with Crippen LogP contribution in [0.1, 0.15) is 38.2 Å². The summed E-state index contributed by atoms with van der Waals surface area (Å²) in [7, 11) is 0. The Kier molecular flexibility index (Phi) is 3.79. The van der Waals surface area contributed by atoms with Crippen molar-refractivity contribution in [2.24, 2.45) is 0 Å². The molecule has 3 rings (SSSR count). The average Bonchev–Trinajstić information content (AvgIpc) is 3.00. The number of fused-ring (bicyclic) bond motifs is 1. The molecule has 0 bridgehead atoms. The topological polar surface area (TPSA) is 25.8 Å². The molecule has 0 spiro atoms. The van der Waals surface area contributed by atoms with E-state index >= 15 is 0 Å². The number of hydrogen-bond donors (Lipinski definition) is 0. The summed E-state index contributed by atoms with van der Waals surface area (Å²) in [5.74, 6) is 0.548. The summed E-state index contributed by atoms with van der Waals surface area (Å²) in [5, 5.41) is 4.27. The highest BCUT2D eigenvalue weighted by atomic mass is 32.1. The maximum atomic E-state index is 4.77. The molecule has 0 aliphatic rings. The van der Waals surface area contributed by atoms with Crippen LogP contribution in [0.3, 0.4) is 0 Å². The molecule has 2 aromatic heterocycles. The third-order valence-electron chi connectivity index (χ3n) is 3.65. The second-order valence-corrected chi connectivity index (χ2v) is 6.04. The van der Waals surface area contributed by atoms with Crippen LogP contribution in [0, 0.1) is 0 Å². The van der Waals surface area contributed by atoms with Crippen molar-refractivity contribution in [2.75, 3.05) is 0 Å². The molecule has 0 radical (unpaired) electrons. The molecule has 0 amide bonds. The largest absolute Gasteiger partial charge is 0.245 e. The standard InChI is InChI=1S/C17H18N2S/c1-3-6-12(2)14-11-16(17-18-9-10-20-17)19-15-8-5-4-7-13(14)15/h4-5,7-12H,3,6H2,1-2H3. The van der Waals surface area contributed by atoms with E-state index in [1.165, 1.54) is 23.8 Å². The smallest absolute Gasteiger partial charge is 0.141 e. The van der Waals surface area contributed by atoms with Crippen LogP contribution in [0.25, 0.3) is 21.6 Å². The molecule has 3 aromatic rings. The van der Waals surface area contributed by atoms with Crippen LogP contribution in [-0.2, 0) is 0 Å². The van der Waals surface area contributed by atoms with Gasteiger partial charge in [-0.1, -0.05) is 38.5 Å². The predicted octanol–water partition coefficient (Wildman–Crippen LogP) is 5.26. The second kappa shape index (κ2) is 5.71. The Hall–Kier alpha value is -1.74. The number of para-hydroxylation sites is 1. The van der Waals surface area contributed by atoms with E-state index in [1.54, 1.807) is 11.3 Å². The molecule has 0 aliphatic heterocycles. The molecule has 0 saturated heterocycles. The van der Waals surface area contributed by atoms with E-state index in [4.69, 9.17) is 4.98 Å². The summed E-state index contributed by atoms with van der Waals surface area (Å²) in [6.45, 7) is 4.54. The maximum absolute atomic E-state index is 4.77. The number of nitrogens with zero attached hydrogens (tertiary/aromatic N) is 2. The van der Waals surface area contributed by atoms with Gasteiger partial charge in [-0.3, -0.25) is 0 Å². The molecule has 1 unspecified atom stereocenters. The molecular formula is C17H18N2S. The minimum atomic E-state index is 0.548. The fourth-order valence-electron chi connectivity index (χ4n) is 2.66. The fraction of sp³-hybridized carbons (Fsp3) is 0.294. The molecule has 0 fully saturated rings. The van der Waals surface area contributed by atoms with Gasteiger partial charge in [0.25, 0.3) is 0 Å². The van der Waals surface area contributed by atoms with Crippen molar-refractivity contribution in [3.8, 4) is 10.7 Å². The van der Waals surface area contributed by atoms with Crippen LogP contribution in [0.2, 0.25) is 0 Å². The van der Waals surface area contributed by atoms with Crippen molar-refractivity contribution in [3.63, 3.8) is 0 Å². The Balaban J connectivity index is 2.20. The number of aromatic nitrogens is 2. The highest BCUT2D eigenvalue weighted by molar-refractivity contribution is 7.13. The number of benzene rings is 1.